The third kappa shape index (κ3) is 3.63. The van der Waals surface area contributed by atoms with E-state index in [0.717, 1.165) is 17.0 Å². The standard InChI is InChI=1S/C22H22N4O5/c1-29-21(28)14-10-18-19(31-12-30-18)11-17(14)23-20(27)13-6-8-26(9-7-13)22-24-15-4-2-3-5-16(15)25-22/h2-5,10-11,13H,6-9,12H2,1H3,(H,23,27)(H,24,25). The molecular weight excluding hydrogens is 400 g/mol. The molecule has 3 heterocycles. The Morgan fingerprint density at radius 3 is 2.65 bits per heavy atom. The molecule has 1 fully saturated rings. The van der Waals surface area contributed by atoms with Crippen molar-refractivity contribution in [3.63, 3.8) is 0 Å². The molecule has 0 bridgehead atoms. The number of aromatic nitrogens is 2. The van der Waals surface area contributed by atoms with Crippen LogP contribution in [-0.4, -0.2) is 48.8 Å². The molecule has 2 N–H and O–H groups in total. The number of benzene rings is 2. The molecule has 5 rings (SSSR count). The summed E-state index contributed by atoms with van der Waals surface area (Å²) in [4.78, 5) is 35.3. The first kappa shape index (κ1) is 19.2. The number of anilines is 2. The number of imidazole rings is 1. The van der Waals surface area contributed by atoms with Crippen molar-refractivity contribution < 1.29 is 23.8 Å². The number of H-pyrrole nitrogens is 1. The summed E-state index contributed by atoms with van der Waals surface area (Å²) in [5, 5.41) is 2.88. The van der Waals surface area contributed by atoms with Crippen molar-refractivity contribution in [2.45, 2.75) is 12.8 Å². The number of nitrogens with one attached hydrogen (secondary N) is 2. The number of piperidine rings is 1. The number of carbonyl (C=O) groups excluding carboxylic acids is 2. The van der Waals surface area contributed by atoms with E-state index in [0.29, 0.717) is 43.1 Å². The Balaban J connectivity index is 1.27. The van der Waals surface area contributed by atoms with Gasteiger partial charge in [0.15, 0.2) is 11.5 Å². The van der Waals surface area contributed by atoms with Crippen molar-refractivity contribution in [2.75, 3.05) is 37.2 Å². The van der Waals surface area contributed by atoms with Crippen molar-refractivity contribution in [1.82, 2.24) is 9.97 Å². The van der Waals surface area contributed by atoms with Gasteiger partial charge in [0.05, 0.1) is 29.4 Å². The third-order valence-electron chi connectivity index (χ3n) is 5.72. The molecular formula is C22H22N4O5. The van der Waals surface area contributed by atoms with Crippen LogP contribution in [0.3, 0.4) is 0 Å². The van der Waals surface area contributed by atoms with Crippen molar-refractivity contribution in [2.24, 2.45) is 5.92 Å². The van der Waals surface area contributed by atoms with Gasteiger partial charge in [-0.1, -0.05) is 12.1 Å². The van der Waals surface area contributed by atoms with Gasteiger partial charge >= 0.3 is 5.97 Å². The van der Waals surface area contributed by atoms with Crippen LogP contribution in [0.5, 0.6) is 11.5 Å². The number of methoxy groups -OCH3 is 1. The summed E-state index contributed by atoms with van der Waals surface area (Å²) < 4.78 is 15.6. The Bertz CT molecular complexity index is 1120. The van der Waals surface area contributed by atoms with E-state index in [1.807, 2.05) is 24.3 Å². The van der Waals surface area contributed by atoms with Crippen LogP contribution < -0.4 is 19.7 Å². The molecule has 0 spiro atoms. The number of esters is 1. The van der Waals surface area contributed by atoms with E-state index in [9.17, 15) is 9.59 Å². The van der Waals surface area contributed by atoms with Crippen LogP contribution in [0.25, 0.3) is 11.0 Å². The molecule has 2 aliphatic rings. The van der Waals surface area contributed by atoms with Gasteiger partial charge in [-0.3, -0.25) is 4.79 Å². The van der Waals surface area contributed by atoms with Gasteiger partial charge in [-0.05, 0) is 25.0 Å². The minimum absolute atomic E-state index is 0.0770. The van der Waals surface area contributed by atoms with E-state index < -0.39 is 5.97 Å². The first-order chi connectivity index (χ1) is 15.1. The number of rotatable bonds is 4. The molecule has 0 atom stereocenters. The topological polar surface area (TPSA) is 106 Å². The second-order valence-corrected chi connectivity index (χ2v) is 7.57. The largest absolute Gasteiger partial charge is 0.465 e. The lowest BCUT2D eigenvalue weighted by molar-refractivity contribution is -0.120. The molecule has 9 nitrogen and oxygen atoms in total. The number of aromatic amines is 1. The van der Waals surface area contributed by atoms with Gasteiger partial charge in [0, 0.05) is 31.1 Å². The van der Waals surface area contributed by atoms with Crippen molar-refractivity contribution in [3.05, 3.63) is 42.0 Å². The Hall–Kier alpha value is -3.75. The van der Waals surface area contributed by atoms with E-state index >= 15 is 0 Å². The molecule has 0 saturated carbocycles. The molecule has 3 aromatic rings. The average molecular weight is 422 g/mol. The highest BCUT2D eigenvalue weighted by atomic mass is 16.7. The number of ether oxygens (including phenoxy) is 3. The zero-order chi connectivity index (χ0) is 21.4. The van der Waals surface area contributed by atoms with Crippen molar-refractivity contribution in [3.8, 4) is 11.5 Å². The Kier molecular flexibility index (Phi) is 4.85. The monoisotopic (exact) mass is 422 g/mol. The van der Waals surface area contributed by atoms with Gasteiger partial charge in [-0.2, -0.15) is 0 Å². The molecule has 0 aliphatic carbocycles. The van der Waals surface area contributed by atoms with Gasteiger partial charge in [0.25, 0.3) is 0 Å². The van der Waals surface area contributed by atoms with Gasteiger partial charge in [-0.15, -0.1) is 0 Å². The van der Waals surface area contributed by atoms with Gasteiger partial charge in [-0.25, -0.2) is 9.78 Å². The zero-order valence-electron chi connectivity index (χ0n) is 17.0. The number of hydrogen-bond donors (Lipinski definition) is 2. The highest BCUT2D eigenvalue weighted by Gasteiger charge is 2.28. The SMILES string of the molecule is COC(=O)c1cc2c(cc1NC(=O)C1CCN(c3nc4ccccc4[nH]3)CC1)OCO2. The molecule has 31 heavy (non-hydrogen) atoms. The number of hydrogen-bond acceptors (Lipinski definition) is 7. The van der Waals surface area contributed by atoms with E-state index in [4.69, 9.17) is 14.2 Å². The first-order valence-corrected chi connectivity index (χ1v) is 10.1. The van der Waals surface area contributed by atoms with Crippen LogP contribution >= 0.6 is 0 Å². The van der Waals surface area contributed by atoms with E-state index in [-0.39, 0.29) is 24.2 Å². The Morgan fingerprint density at radius 2 is 1.90 bits per heavy atom. The van der Waals surface area contributed by atoms with E-state index in [1.54, 1.807) is 6.07 Å². The lowest BCUT2D eigenvalue weighted by atomic mass is 9.96. The number of nitrogens with zero attached hydrogens (tertiary/aromatic N) is 2. The quantitative estimate of drug-likeness (QED) is 0.623. The minimum Gasteiger partial charge on any atom is -0.465 e. The molecule has 0 unspecified atom stereocenters. The number of amides is 1. The minimum atomic E-state index is -0.548. The predicted molar refractivity (Wildman–Crippen MR) is 114 cm³/mol. The average Bonchev–Trinajstić information content (AvgIpc) is 3.44. The lowest BCUT2D eigenvalue weighted by Gasteiger charge is -2.31. The van der Waals surface area contributed by atoms with Gasteiger partial charge < -0.3 is 29.4 Å². The molecule has 2 aliphatic heterocycles. The van der Waals surface area contributed by atoms with Crippen molar-refractivity contribution in [1.29, 1.82) is 0 Å². The fourth-order valence-electron chi connectivity index (χ4n) is 4.00. The third-order valence-corrected chi connectivity index (χ3v) is 5.72. The van der Waals surface area contributed by atoms with Crippen molar-refractivity contribution >= 4 is 34.5 Å². The summed E-state index contributed by atoms with van der Waals surface area (Å²) in [6.07, 6.45) is 1.36. The highest BCUT2D eigenvalue weighted by molar-refractivity contribution is 6.02. The maximum atomic E-state index is 12.9. The lowest BCUT2D eigenvalue weighted by Crippen LogP contribution is -2.38. The fourth-order valence-corrected chi connectivity index (χ4v) is 4.00. The van der Waals surface area contributed by atoms with E-state index in [1.165, 1.54) is 13.2 Å². The second kappa shape index (κ2) is 7.82. The van der Waals surface area contributed by atoms with Crippen LogP contribution in [0, 0.1) is 5.92 Å². The molecule has 1 saturated heterocycles. The molecule has 1 amide bonds. The maximum absolute atomic E-state index is 12.9. The van der Waals surface area contributed by atoms with Crippen LogP contribution in [-0.2, 0) is 9.53 Å². The Labute approximate surface area is 178 Å². The number of fused-ring (bicyclic) bond motifs is 2. The molecule has 9 heteroatoms. The van der Waals surface area contributed by atoms with Crippen LogP contribution in [0.4, 0.5) is 11.6 Å². The second-order valence-electron chi connectivity index (χ2n) is 7.57. The summed E-state index contributed by atoms with van der Waals surface area (Å²) >= 11 is 0. The summed E-state index contributed by atoms with van der Waals surface area (Å²) in [7, 11) is 1.30. The fraction of sp³-hybridized carbons (Fsp3) is 0.318. The molecule has 2 aromatic carbocycles. The van der Waals surface area contributed by atoms with Gasteiger partial charge in [0.1, 0.15) is 0 Å². The van der Waals surface area contributed by atoms with Gasteiger partial charge in [0.2, 0.25) is 18.6 Å². The molecule has 1 aromatic heterocycles. The number of carbonyl (C=O) groups is 2. The summed E-state index contributed by atoms with van der Waals surface area (Å²) in [6, 6.07) is 11.0. The summed E-state index contributed by atoms with van der Waals surface area (Å²) in [5.74, 6) is 0.919. The van der Waals surface area contributed by atoms with Crippen LogP contribution in [0.1, 0.15) is 23.2 Å². The normalized spacial score (nSPS) is 15.8. The molecule has 0 radical (unpaired) electrons. The van der Waals surface area contributed by atoms with E-state index in [2.05, 4.69) is 20.2 Å². The number of para-hydroxylation sites is 2. The van der Waals surface area contributed by atoms with Crippen LogP contribution in [0.2, 0.25) is 0 Å². The summed E-state index contributed by atoms with van der Waals surface area (Å²) in [5.41, 5.74) is 2.52. The molecule has 160 valence electrons. The van der Waals surface area contributed by atoms with Crippen LogP contribution in [0.15, 0.2) is 36.4 Å². The zero-order valence-corrected chi connectivity index (χ0v) is 17.0. The maximum Gasteiger partial charge on any atom is 0.340 e. The summed E-state index contributed by atoms with van der Waals surface area (Å²) in [6.45, 7) is 1.50. The predicted octanol–water partition coefficient (Wildman–Crippen LogP) is 2.93. The first-order valence-electron chi connectivity index (χ1n) is 10.1. The highest BCUT2D eigenvalue weighted by Crippen LogP contribution is 2.37. The smallest absolute Gasteiger partial charge is 0.340 e. The Morgan fingerprint density at radius 1 is 1.16 bits per heavy atom.